The number of carbonyl (C=O) groups is 1. The third-order valence-electron chi connectivity index (χ3n) is 4.42. The molecule has 0 saturated carbocycles. The number of amides is 2. The summed E-state index contributed by atoms with van der Waals surface area (Å²) >= 11 is 12.1. The topological polar surface area (TPSA) is 88.1 Å². The molecule has 1 heterocycles. The van der Waals surface area contributed by atoms with Crippen molar-refractivity contribution in [2.75, 3.05) is 7.11 Å². The van der Waals surface area contributed by atoms with E-state index in [0.717, 1.165) is 16.1 Å². The van der Waals surface area contributed by atoms with Gasteiger partial charge in [-0.3, -0.25) is 0 Å². The Balaban J connectivity index is 1.84. The van der Waals surface area contributed by atoms with Crippen LogP contribution >= 0.6 is 23.2 Å². The van der Waals surface area contributed by atoms with E-state index in [1.54, 1.807) is 43.5 Å². The Labute approximate surface area is 179 Å². The minimum absolute atomic E-state index is 0.0279. The molecule has 2 aromatic carbocycles. The van der Waals surface area contributed by atoms with Crippen LogP contribution in [0.1, 0.15) is 17.5 Å². The molecule has 1 aliphatic heterocycles. The number of aryl methyl sites for hydroxylation is 1. The van der Waals surface area contributed by atoms with Crippen LogP contribution < -0.4 is 9.46 Å². The van der Waals surface area contributed by atoms with Gasteiger partial charge in [0.15, 0.2) is 0 Å². The van der Waals surface area contributed by atoms with Crippen LogP contribution in [0.5, 0.6) is 5.75 Å². The summed E-state index contributed by atoms with van der Waals surface area (Å²) in [6.07, 6.45) is 0.280. The van der Waals surface area contributed by atoms with Gasteiger partial charge in [0.25, 0.3) is 10.0 Å². The van der Waals surface area contributed by atoms with Crippen LogP contribution in [-0.4, -0.2) is 43.2 Å². The summed E-state index contributed by atoms with van der Waals surface area (Å²) in [5, 5.41) is 5.25. The molecule has 0 aliphatic carbocycles. The number of hydrogen-bond donors (Lipinski definition) is 1. The van der Waals surface area contributed by atoms with Crippen molar-refractivity contribution in [3.63, 3.8) is 0 Å². The van der Waals surface area contributed by atoms with Gasteiger partial charge in [-0.2, -0.15) is 5.10 Å². The van der Waals surface area contributed by atoms with Gasteiger partial charge >= 0.3 is 6.03 Å². The van der Waals surface area contributed by atoms with Crippen molar-refractivity contribution in [1.29, 1.82) is 0 Å². The first-order valence-corrected chi connectivity index (χ1v) is 11.0. The summed E-state index contributed by atoms with van der Waals surface area (Å²) in [6.45, 7) is 1.83. The van der Waals surface area contributed by atoms with E-state index in [2.05, 4.69) is 5.10 Å². The molecule has 0 spiro atoms. The predicted molar refractivity (Wildman–Crippen MR) is 112 cm³/mol. The second-order valence-corrected chi connectivity index (χ2v) is 9.30. The molecule has 29 heavy (non-hydrogen) atoms. The number of rotatable bonds is 5. The van der Waals surface area contributed by atoms with Gasteiger partial charge < -0.3 is 4.74 Å². The molecule has 1 atom stereocenters. The van der Waals surface area contributed by atoms with Crippen LogP contribution in [0.4, 0.5) is 4.79 Å². The molecule has 0 bridgehead atoms. The van der Waals surface area contributed by atoms with Gasteiger partial charge in [-0.1, -0.05) is 17.7 Å². The minimum atomic E-state index is -4.07. The Kier molecular flexibility index (Phi) is 6.36. The third kappa shape index (κ3) is 4.83. The number of benzene rings is 2. The number of urea groups is 1. The summed E-state index contributed by atoms with van der Waals surface area (Å²) in [4.78, 5) is 11.7. The summed E-state index contributed by atoms with van der Waals surface area (Å²) in [7, 11) is -2.51. The van der Waals surface area contributed by atoms with Crippen LogP contribution in [0.2, 0.25) is 0 Å². The molecular formula is C19H19Cl2N3O4S. The van der Waals surface area contributed by atoms with E-state index in [1.807, 2.05) is 11.6 Å². The van der Waals surface area contributed by atoms with E-state index in [1.165, 1.54) is 12.1 Å². The summed E-state index contributed by atoms with van der Waals surface area (Å²) in [5.74, 6) is 0.676. The zero-order valence-corrected chi connectivity index (χ0v) is 18.0. The van der Waals surface area contributed by atoms with Gasteiger partial charge in [0.2, 0.25) is 0 Å². The molecule has 1 N–H and O–H groups in total. The van der Waals surface area contributed by atoms with Crippen molar-refractivity contribution >= 4 is 45.0 Å². The molecule has 154 valence electrons. The first kappa shape index (κ1) is 21.4. The van der Waals surface area contributed by atoms with Crippen LogP contribution in [0.3, 0.4) is 0 Å². The average molecular weight is 456 g/mol. The predicted octanol–water partition coefficient (Wildman–Crippen LogP) is 3.68. The number of hydrazone groups is 1. The Hall–Kier alpha value is -2.29. The van der Waals surface area contributed by atoms with Crippen LogP contribution in [0.15, 0.2) is 58.5 Å². The molecule has 7 nitrogen and oxygen atoms in total. The summed E-state index contributed by atoms with van der Waals surface area (Å²) in [5.41, 5.74) is 2.21. The number of carbonyl (C=O) groups excluding carboxylic acids is 1. The fourth-order valence-corrected chi connectivity index (χ4v) is 4.15. The highest BCUT2D eigenvalue weighted by atomic mass is 35.5. The number of nitrogens with one attached hydrogen (secondary N) is 1. The molecule has 0 radical (unpaired) electrons. The van der Waals surface area contributed by atoms with Crippen LogP contribution in [-0.2, 0) is 10.0 Å². The maximum absolute atomic E-state index is 12.7. The van der Waals surface area contributed by atoms with E-state index in [0.29, 0.717) is 11.5 Å². The fraction of sp³-hybridized carbons (Fsp3) is 0.263. The van der Waals surface area contributed by atoms with Gasteiger partial charge in [-0.15, -0.1) is 23.2 Å². The lowest BCUT2D eigenvalue weighted by molar-refractivity contribution is 0.194. The van der Waals surface area contributed by atoms with Gasteiger partial charge in [0.05, 0.1) is 23.8 Å². The Bertz CT molecular complexity index is 1020. The zero-order chi connectivity index (χ0) is 21.2. The highest BCUT2D eigenvalue weighted by molar-refractivity contribution is 7.90. The summed E-state index contributed by atoms with van der Waals surface area (Å²) < 4.78 is 32.2. The van der Waals surface area contributed by atoms with Crippen molar-refractivity contribution in [2.24, 2.45) is 5.10 Å². The van der Waals surface area contributed by atoms with E-state index < -0.39 is 26.9 Å². The van der Waals surface area contributed by atoms with Crippen molar-refractivity contribution < 1.29 is 17.9 Å². The van der Waals surface area contributed by atoms with E-state index >= 15 is 0 Å². The maximum atomic E-state index is 12.7. The minimum Gasteiger partial charge on any atom is -0.497 e. The van der Waals surface area contributed by atoms with Gasteiger partial charge in [0, 0.05) is 6.42 Å². The molecule has 2 aromatic rings. The number of nitrogens with zero attached hydrogens (tertiary/aromatic N) is 2. The van der Waals surface area contributed by atoms with Crippen LogP contribution in [0.25, 0.3) is 0 Å². The summed E-state index contributed by atoms with van der Waals surface area (Å²) in [6, 6.07) is 11.6. The number of hydrogen-bond acceptors (Lipinski definition) is 5. The number of methoxy groups -OCH3 is 1. The highest BCUT2D eigenvalue weighted by Gasteiger charge is 2.37. The fourth-order valence-electron chi connectivity index (χ4n) is 2.82. The Morgan fingerprint density at radius 2 is 1.79 bits per heavy atom. The molecule has 0 fully saturated rings. The van der Waals surface area contributed by atoms with Crippen molar-refractivity contribution in [2.45, 2.75) is 29.1 Å². The standard InChI is InChI=1S/C19H19Cl2N3O4S/c1-12-3-9-15(10-4-12)29(26,27)23-19(25)24-17(18(20)21)11-16(22-24)13-5-7-14(28-2)8-6-13/h3-10,17-18H,11H2,1-2H3,(H,23,25). The smallest absolute Gasteiger partial charge is 0.352 e. The largest absolute Gasteiger partial charge is 0.497 e. The quantitative estimate of drug-likeness (QED) is 0.696. The van der Waals surface area contributed by atoms with E-state index in [9.17, 15) is 13.2 Å². The zero-order valence-electron chi connectivity index (χ0n) is 15.7. The molecule has 0 aromatic heterocycles. The number of ether oxygens (including phenoxy) is 1. The van der Waals surface area contributed by atoms with Crippen molar-refractivity contribution in [3.05, 3.63) is 59.7 Å². The molecular weight excluding hydrogens is 437 g/mol. The average Bonchev–Trinajstić information content (AvgIpc) is 3.14. The SMILES string of the molecule is COc1ccc(C2=NN(C(=O)NS(=O)(=O)c3ccc(C)cc3)C(C(Cl)Cl)C2)cc1. The first-order valence-electron chi connectivity index (χ1n) is 8.64. The first-order chi connectivity index (χ1) is 13.7. The molecule has 3 rings (SSSR count). The third-order valence-corrected chi connectivity index (χ3v) is 6.34. The second kappa shape index (κ2) is 8.61. The molecule has 2 amide bonds. The van der Waals surface area contributed by atoms with Crippen LogP contribution in [0, 0.1) is 6.92 Å². The lowest BCUT2D eigenvalue weighted by Crippen LogP contribution is -2.45. The van der Waals surface area contributed by atoms with E-state index in [4.69, 9.17) is 27.9 Å². The molecule has 10 heteroatoms. The lowest BCUT2D eigenvalue weighted by Gasteiger charge is -2.22. The Morgan fingerprint density at radius 3 is 2.34 bits per heavy atom. The van der Waals surface area contributed by atoms with Gasteiger partial charge in [-0.25, -0.2) is 22.9 Å². The van der Waals surface area contributed by atoms with E-state index in [-0.39, 0.29) is 11.3 Å². The molecule has 0 saturated heterocycles. The van der Waals surface area contributed by atoms with Crippen molar-refractivity contribution in [1.82, 2.24) is 9.73 Å². The normalized spacial score (nSPS) is 16.7. The lowest BCUT2D eigenvalue weighted by atomic mass is 10.0. The number of halogens is 2. The van der Waals surface area contributed by atoms with Gasteiger partial charge in [0.1, 0.15) is 10.6 Å². The molecule has 1 aliphatic rings. The monoisotopic (exact) mass is 455 g/mol. The maximum Gasteiger partial charge on any atom is 0.352 e. The van der Waals surface area contributed by atoms with Gasteiger partial charge in [-0.05, 0) is 48.9 Å². The number of alkyl halides is 2. The second-order valence-electron chi connectivity index (χ2n) is 6.45. The molecule has 1 unspecified atom stereocenters. The van der Waals surface area contributed by atoms with Crippen molar-refractivity contribution in [3.8, 4) is 5.75 Å². The highest BCUT2D eigenvalue weighted by Crippen LogP contribution is 2.28. The Morgan fingerprint density at radius 1 is 1.17 bits per heavy atom. The number of sulfonamides is 1.